The molecule has 0 atom stereocenters. The van der Waals surface area contributed by atoms with E-state index in [1.165, 1.54) is 6.20 Å². The lowest BCUT2D eigenvalue weighted by Gasteiger charge is -2.19. The van der Waals surface area contributed by atoms with E-state index < -0.39 is 10.1 Å². The Bertz CT molecular complexity index is 469. The molecule has 17 heavy (non-hydrogen) atoms. The van der Waals surface area contributed by atoms with Crippen LogP contribution in [0.2, 0.25) is 0 Å². The normalized spacial score (nSPS) is 11.7. The van der Waals surface area contributed by atoms with Gasteiger partial charge >= 0.3 is 0 Å². The van der Waals surface area contributed by atoms with Gasteiger partial charge < -0.3 is 10.6 Å². The van der Waals surface area contributed by atoms with Crippen LogP contribution in [0.5, 0.6) is 0 Å². The van der Waals surface area contributed by atoms with Gasteiger partial charge in [-0.2, -0.15) is 13.5 Å². The van der Waals surface area contributed by atoms with Crippen LogP contribution in [0.3, 0.4) is 0 Å². The summed E-state index contributed by atoms with van der Waals surface area (Å²) in [5.74, 6) is 0.491. The highest BCUT2D eigenvalue weighted by atomic mass is 32.2. The lowest BCUT2D eigenvalue weighted by atomic mass is 10.4. The Morgan fingerprint density at radius 1 is 1.59 bits per heavy atom. The first-order valence-corrected chi connectivity index (χ1v) is 6.93. The first-order valence-electron chi connectivity index (χ1n) is 5.32. The summed E-state index contributed by atoms with van der Waals surface area (Å²) in [6.45, 7) is 3.15. The molecule has 1 rings (SSSR count). The summed E-state index contributed by atoms with van der Waals surface area (Å²) in [6.07, 6.45) is 1.83. The minimum atomic E-state index is -3.91. The fraction of sp³-hybridized carbons (Fsp3) is 0.667. The SMILES string of the molecule is CCN(C)c1c(N)cnn1CCCS(=O)(=O)O. The highest BCUT2D eigenvalue weighted by molar-refractivity contribution is 7.85. The van der Waals surface area contributed by atoms with Gasteiger partial charge in [0, 0.05) is 20.1 Å². The average molecular weight is 262 g/mol. The van der Waals surface area contributed by atoms with E-state index in [-0.39, 0.29) is 5.75 Å². The molecule has 0 bridgehead atoms. The zero-order valence-corrected chi connectivity index (χ0v) is 10.8. The van der Waals surface area contributed by atoms with Crippen LogP contribution in [0.4, 0.5) is 11.5 Å². The van der Waals surface area contributed by atoms with Gasteiger partial charge in [0.2, 0.25) is 0 Å². The molecule has 0 amide bonds. The van der Waals surface area contributed by atoms with Gasteiger partial charge in [-0.25, -0.2) is 4.68 Å². The van der Waals surface area contributed by atoms with Gasteiger partial charge in [0.05, 0.1) is 17.6 Å². The topological polar surface area (TPSA) is 101 Å². The fourth-order valence-corrected chi connectivity index (χ4v) is 2.01. The lowest BCUT2D eigenvalue weighted by molar-refractivity contribution is 0.476. The molecule has 1 heterocycles. The first kappa shape index (κ1) is 13.8. The van der Waals surface area contributed by atoms with Crippen molar-refractivity contribution in [2.45, 2.75) is 19.9 Å². The standard InChI is InChI=1S/C9H18N4O3S/c1-3-12(2)9-8(10)7-11-13(9)5-4-6-17(14,15)16/h7H,3-6,10H2,1-2H3,(H,14,15,16). The monoisotopic (exact) mass is 262 g/mol. The predicted octanol–water partition coefficient (Wildman–Crippen LogP) is 0.199. The third-order valence-electron chi connectivity index (χ3n) is 2.45. The van der Waals surface area contributed by atoms with Crippen LogP contribution in [-0.4, -0.2) is 42.1 Å². The average Bonchev–Trinajstić information content (AvgIpc) is 2.57. The van der Waals surface area contributed by atoms with Crippen molar-refractivity contribution in [3.63, 3.8) is 0 Å². The molecule has 1 aromatic rings. The molecule has 0 spiro atoms. The van der Waals surface area contributed by atoms with E-state index in [4.69, 9.17) is 10.3 Å². The quantitative estimate of drug-likeness (QED) is 0.710. The van der Waals surface area contributed by atoms with Crippen molar-refractivity contribution in [2.75, 3.05) is 30.0 Å². The van der Waals surface area contributed by atoms with Crippen molar-refractivity contribution >= 4 is 21.6 Å². The van der Waals surface area contributed by atoms with Gasteiger partial charge in [0.1, 0.15) is 5.82 Å². The van der Waals surface area contributed by atoms with Gasteiger partial charge in [0.25, 0.3) is 10.1 Å². The van der Waals surface area contributed by atoms with E-state index in [1.54, 1.807) is 4.68 Å². The molecule has 0 aliphatic heterocycles. The summed E-state index contributed by atoms with van der Waals surface area (Å²) in [7, 11) is -2.03. The number of nitrogen functional groups attached to an aromatic ring is 1. The Balaban J connectivity index is 2.72. The van der Waals surface area contributed by atoms with Crippen molar-refractivity contribution in [3.05, 3.63) is 6.20 Å². The Labute approximate surface area is 101 Å². The molecule has 1 aromatic heterocycles. The number of hydrogen-bond acceptors (Lipinski definition) is 5. The Hall–Kier alpha value is -1.28. The number of aryl methyl sites for hydroxylation is 1. The van der Waals surface area contributed by atoms with Crippen LogP contribution in [0.15, 0.2) is 6.20 Å². The molecule has 0 saturated carbocycles. The van der Waals surface area contributed by atoms with Gasteiger partial charge in [0.15, 0.2) is 0 Å². The van der Waals surface area contributed by atoms with Crippen LogP contribution in [0, 0.1) is 0 Å². The fourth-order valence-electron chi connectivity index (χ4n) is 1.52. The molecule has 0 saturated heterocycles. The molecule has 98 valence electrons. The maximum absolute atomic E-state index is 10.6. The summed E-state index contributed by atoms with van der Waals surface area (Å²) in [5.41, 5.74) is 6.34. The smallest absolute Gasteiger partial charge is 0.264 e. The second-order valence-electron chi connectivity index (χ2n) is 3.80. The van der Waals surface area contributed by atoms with Crippen molar-refractivity contribution in [1.29, 1.82) is 0 Å². The lowest BCUT2D eigenvalue weighted by Crippen LogP contribution is -2.22. The molecule has 0 aromatic carbocycles. The minimum absolute atomic E-state index is 0.276. The highest BCUT2D eigenvalue weighted by Gasteiger charge is 2.12. The third-order valence-corrected chi connectivity index (χ3v) is 3.25. The predicted molar refractivity (Wildman–Crippen MR) is 66.6 cm³/mol. The summed E-state index contributed by atoms with van der Waals surface area (Å²) in [5, 5.41) is 4.08. The third kappa shape index (κ3) is 3.90. The summed E-state index contributed by atoms with van der Waals surface area (Å²) >= 11 is 0. The highest BCUT2D eigenvalue weighted by Crippen LogP contribution is 2.21. The number of aromatic nitrogens is 2. The van der Waals surface area contributed by atoms with Crippen LogP contribution >= 0.6 is 0 Å². The Kier molecular flexibility index (Phi) is 4.35. The Morgan fingerprint density at radius 3 is 2.76 bits per heavy atom. The van der Waals surface area contributed by atoms with E-state index in [2.05, 4.69) is 5.10 Å². The maximum atomic E-state index is 10.6. The molecule has 0 fully saturated rings. The van der Waals surface area contributed by atoms with E-state index in [0.717, 1.165) is 12.4 Å². The number of nitrogens with zero attached hydrogens (tertiary/aromatic N) is 3. The second-order valence-corrected chi connectivity index (χ2v) is 5.37. The van der Waals surface area contributed by atoms with E-state index in [1.807, 2.05) is 18.9 Å². The zero-order valence-electron chi connectivity index (χ0n) is 10.00. The van der Waals surface area contributed by atoms with Crippen LogP contribution in [-0.2, 0) is 16.7 Å². The number of hydrogen-bond donors (Lipinski definition) is 2. The largest absolute Gasteiger partial charge is 0.394 e. The number of nitrogens with two attached hydrogens (primary N) is 1. The zero-order chi connectivity index (χ0) is 13.1. The van der Waals surface area contributed by atoms with Crippen molar-refractivity contribution in [3.8, 4) is 0 Å². The molecular weight excluding hydrogens is 244 g/mol. The van der Waals surface area contributed by atoms with Crippen LogP contribution in [0.1, 0.15) is 13.3 Å². The minimum Gasteiger partial charge on any atom is -0.394 e. The van der Waals surface area contributed by atoms with Crippen molar-refractivity contribution in [1.82, 2.24) is 9.78 Å². The number of anilines is 2. The van der Waals surface area contributed by atoms with Gasteiger partial charge in [-0.05, 0) is 13.3 Å². The second kappa shape index (κ2) is 5.37. The summed E-state index contributed by atoms with van der Waals surface area (Å²) in [4.78, 5) is 1.93. The van der Waals surface area contributed by atoms with Crippen LogP contribution in [0.25, 0.3) is 0 Å². The van der Waals surface area contributed by atoms with E-state index in [0.29, 0.717) is 18.7 Å². The molecule has 0 aliphatic carbocycles. The number of rotatable bonds is 6. The van der Waals surface area contributed by atoms with Gasteiger partial charge in [-0.3, -0.25) is 4.55 Å². The van der Waals surface area contributed by atoms with Crippen molar-refractivity contribution < 1.29 is 13.0 Å². The molecular formula is C9H18N4O3S. The van der Waals surface area contributed by atoms with Crippen LogP contribution < -0.4 is 10.6 Å². The van der Waals surface area contributed by atoms with Gasteiger partial charge in [-0.1, -0.05) is 0 Å². The molecule has 7 nitrogen and oxygen atoms in total. The van der Waals surface area contributed by atoms with E-state index in [9.17, 15) is 8.42 Å². The Morgan fingerprint density at radius 2 is 2.24 bits per heavy atom. The summed E-state index contributed by atoms with van der Waals surface area (Å²) < 4.78 is 31.5. The molecule has 0 aliphatic rings. The summed E-state index contributed by atoms with van der Waals surface area (Å²) in [6, 6.07) is 0. The first-order chi connectivity index (χ1) is 7.85. The molecule has 8 heteroatoms. The molecule has 3 N–H and O–H groups in total. The van der Waals surface area contributed by atoms with Crippen molar-refractivity contribution in [2.24, 2.45) is 0 Å². The molecule has 0 unspecified atom stereocenters. The molecule has 0 radical (unpaired) electrons. The van der Waals surface area contributed by atoms with E-state index >= 15 is 0 Å². The van der Waals surface area contributed by atoms with Gasteiger partial charge in [-0.15, -0.1) is 0 Å². The maximum Gasteiger partial charge on any atom is 0.264 e.